The van der Waals surface area contributed by atoms with Crippen molar-refractivity contribution in [3.8, 4) is 0 Å². The highest BCUT2D eigenvalue weighted by Crippen LogP contribution is 2.18. The molecule has 0 atom stereocenters. The Balaban J connectivity index is 1.72. The molecule has 5 nitrogen and oxygen atoms in total. The maximum Gasteiger partial charge on any atom is 0.228 e. The lowest BCUT2D eigenvalue weighted by molar-refractivity contribution is -0.129. The number of rotatable bonds is 5. The zero-order valence-corrected chi connectivity index (χ0v) is 13.7. The van der Waals surface area contributed by atoms with E-state index in [4.69, 9.17) is 5.73 Å². The molecule has 0 saturated carbocycles. The first-order valence-corrected chi connectivity index (χ1v) is 8.25. The Morgan fingerprint density at radius 1 is 1.30 bits per heavy atom. The van der Waals surface area contributed by atoms with Gasteiger partial charge in [0.25, 0.3) is 0 Å². The summed E-state index contributed by atoms with van der Waals surface area (Å²) in [5, 5.41) is 3.83. The second-order valence-electron chi connectivity index (χ2n) is 5.36. The number of carbonyl (C=O) groups is 1. The number of para-hydroxylation sites is 1. The summed E-state index contributed by atoms with van der Waals surface area (Å²) in [6, 6.07) is 9.97. The number of aromatic nitrogens is 2. The second-order valence-corrected chi connectivity index (χ2v) is 6.30. The molecule has 2 N–H and O–H groups in total. The van der Waals surface area contributed by atoms with Crippen LogP contribution in [0.25, 0.3) is 10.9 Å². The summed E-state index contributed by atoms with van der Waals surface area (Å²) in [5.74, 6) is 0.0341. The number of carbonyl (C=O) groups excluding carboxylic acids is 1. The Bertz CT molecular complexity index is 825. The van der Waals surface area contributed by atoms with Crippen molar-refractivity contribution in [1.29, 1.82) is 0 Å². The van der Waals surface area contributed by atoms with E-state index >= 15 is 0 Å². The van der Waals surface area contributed by atoms with Gasteiger partial charge in [-0.05, 0) is 11.6 Å². The first kappa shape index (κ1) is 15.6. The van der Waals surface area contributed by atoms with Gasteiger partial charge in [-0.3, -0.25) is 9.78 Å². The zero-order valence-electron chi connectivity index (χ0n) is 12.9. The average Bonchev–Trinajstić information content (AvgIpc) is 3.02. The molecule has 0 unspecified atom stereocenters. The first-order chi connectivity index (χ1) is 11.2. The van der Waals surface area contributed by atoms with Gasteiger partial charge in [-0.2, -0.15) is 0 Å². The monoisotopic (exact) mass is 326 g/mol. The molecule has 0 aliphatic rings. The zero-order chi connectivity index (χ0) is 16.2. The van der Waals surface area contributed by atoms with Gasteiger partial charge in [0.05, 0.1) is 17.6 Å². The van der Waals surface area contributed by atoms with Crippen molar-refractivity contribution in [2.24, 2.45) is 5.73 Å². The minimum Gasteiger partial charge on any atom is -0.341 e. The van der Waals surface area contributed by atoms with Gasteiger partial charge in [-0.1, -0.05) is 24.3 Å². The fourth-order valence-electron chi connectivity index (χ4n) is 2.45. The molecule has 0 saturated heterocycles. The Morgan fingerprint density at radius 3 is 2.91 bits per heavy atom. The number of amides is 1. The van der Waals surface area contributed by atoms with E-state index < -0.39 is 0 Å². The van der Waals surface area contributed by atoms with Crippen molar-refractivity contribution in [2.75, 3.05) is 7.05 Å². The maximum absolute atomic E-state index is 12.4. The Kier molecular flexibility index (Phi) is 4.64. The van der Waals surface area contributed by atoms with E-state index in [0.29, 0.717) is 19.5 Å². The van der Waals surface area contributed by atoms with Crippen LogP contribution in [-0.2, 0) is 24.3 Å². The predicted molar refractivity (Wildman–Crippen MR) is 91.9 cm³/mol. The molecule has 23 heavy (non-hydrogen) atoms. The predicted octanol–water partition coefficient (Wildman–Crippen LogP) is 2.35. The Labute approximate surface area is 138 Å². The van der Waals surface area contributed by atoms with Gasteiger partial charge in [0.1, 0.15) is 5.01 Å². The summed E-state index contributed by atoms with van der Waals surface area (Å²) < 4.78 is 0. The molecule has 2 heterocycles. The average molecular weight is 326 g/mol. The number of nitrogens with zero attached hydrogens (tertiary/aromatic N) is 3. The van der Waals surface area contributed by atoms with Crippen LogP contribution in [0, 0.1) is 0 Å². The van der Waals surface area contributed by atoms with Crippen LogP contribution in [0.15, 0.2) is 41.9 Å². The fraction of sp³-hybridized carbons (Fsp3) is 0.235. The Morgan fingerprint density at radius 2 is 2.13 bits per heavy atom. The van der Waals surface area contributed by atoms with Gasteiger partial charge in [-0.25, -0.2) is 4.98 Å². The standard InChI is InChI=1S/C17H18N4OS/c1-21(16(22)8-14-11-23-15(9-18)20-14)10-13-5-2-4-12-6-3-7-19-17(12)13/h2-7,11H,8-10,18H2,1H3. The van der Waals surface area contributed by atoms with Crippen molar-refractivity contribution in [3.05, 3.63) is 58.2 Å². The lowest BCUT2D eigenvalue weighted by atomic mass is 10.1. The van der Waals surface area contributed by atoms with Crippen LogP contribution in [0.1, 0.15) is 16.3 Å². The Hall–Kier alpha value is -2.31. The van der Waals surface area contributed by atoms with Crippen molar-refractivity contribution in [2.45, 2.75) is 19.5 Å². The molecule has 1 aromatic carbocycles. The van der Waals surface area contributed by atoms with Crippen LogP contribution in [-0.4, -0.2) is 27.8 Å². The molecule has 6 heteroatoms. The van der Waals surface area contributed by atoms with E-state index in [1.165, 1.54) is 11.3 Å². The van der Waals surface area contributed by atoms with Gasteiger partial charge in [-0.15, -0.1) is 11.3 Å². The minimum atomic E-state index is 0.0341. The molecule has 0 spiro atoms. The topological polar surface area (TPSA) is 72.1 Å². The number of likely N-dealkylation sites (N-methyl/N-ethyl adjacent to an activating group) is 1. The number of hydrogen-bond acceptors (Lipinski definition) is 5. The van der Waals surface area contributed by atoms with E-state index in [1.54, 1.807) is 18.1 Å². The number of fused-ring (bicyclic) bond motifs is 1. The number of pyridine rings is 1. The number of nitrogens with two attached hydrogens (primary N) is 1. The van der Waals surface area contributed by atoms with Gasteiger partial charge >= 0.3 is 0 Å². The molecular weight excluding hydrogens is 308 g/mol. The molecule has 118 valence electrons. The van der Waals surface area contributed by atoms with Crippen LogP contribution in [0.5, 0.6) is 0 Å². The van der Waals surface area contributed by atoms with E-state index in [9.17, 15) is 4.79 Å². The quantitative estimate of drug-likeness (QED) is 0.781. The summed E-state index contributed by atoms with van der Waals surface area (Å²) in [7, 11) is 1.81. The molecule has 3 rings (SSSR count). The summed E-state index contributed by atoms with van der Waals surface area (Å²) in [5.41, 5.74) is 8.32. The van der Waals surface area contributed by atoms with Gasteiger partial charge < -0.3 is 10.6 Å². The minimum absolute atomic E-state index is 0.0341. The molecule has 0 bridgehead atoms. The van der Waals surface area contributed by atoms with Crippen molar-refractivity contribution >= 4 is 28.1 Å². The largest absolute Gasteiger partial charge is 0.341 e. The third-order valence-corrected chi connectivity index (χ3v) is 4.58. The summed E-state index contributed by atoms with van der Waals surface area (Å²) >= 11 is 1.49. The van der Waals surface area contributed by atoms with Crippen LogP contribution < -0.4 is 5.73 Å². The number of benzene rings is 1. The van der Waals surface area contributed by atoms with Crippen molar-refractivity contribution < 1.29 is 4.79 Å². The molecule has 2 aromatic heterocycles. The van der Waals surface area contributed by atoms with Crippen molar-refractivity contribution in [3.63, 3.8) is 0 Å². The van der Waals surface area contributed by atoms with E-state index in [1.807, 2.05) is 35.7 Å². The van der Waals surface area contributed by atoms with Crippen LogP contribution in [0.2, 0.25) is 0 Å². The third-order valence-electron chi connectivity index (χ3n) is 3.66. The summed E-state index contributed by atoms with van der Waals surface area (Å²) in [6.45, 7) is 0.942. The van der Waals surface area contributed by atoms with Gasteiger partial charge in [0.2, 0.25) is 5.91 Å². The number of hydrogen-bond donors (Lipinski definition) is 1. The highest BCUT2D eigenvalue weighted by atomic mass is 32.1. The summed E-state index contributed by atoms with van der Waals surface area (Å²) in [6.07, 6.45) is 2.07. The highest BCUT2D eigenvalue weighted by molar-refractivity contribution is 7.09. The fourth-order valence-corrected chi connectivity index (χ4v) is 3.13. The third kappa shape index (κ3) is 3.55. The maximum atomic E-state index is 12.4. The molecule has 1 amide bonds. The lowest BCUT2D eigenvalue weighted by Gasteiger charge is -2.17. The van der Waals surface area contributed by atoms with E-state index in [0.717, 1.165) is 27.2 Å². The molecule has 0 radical (unpaired) electrons. The SMILES string of the molecule is CN(Cc1cccc2cccnc12)C(=O)Cc1csc(CN)n1. The molecular formula is C17H18N4OS. The normalized spacial score (nSPS) is 10.9. The van der Waals surface area contributed by atoms with Crippen LogP contribution in [0.3, 0.4) is 0 Å². The van der Waals surface area contributed by atoms with Crippen LogP contribution in [0.4, 0.5) is 0 Å². The van der Waals surface area contributed by atoms with E-state index in [2.05, 4.69) is 9.97 Å². The van der Waals surface area contributed by atoms with Crippen LogP contribution >= 0.6 is 11.3 Å². The van der Waals surface area contributed by atoms with Gasteiger partial charge in [0, 0.05) is 37.1 Å². The molecule has 0 aliphatic heterocycles. The van der Waals surface area contributed by atoms with E-state index in [-0.39, 0.29) is 5.91 Å². The lowest BCUT2D eigenvalue weighted by Crippen LogP contribution is -2.28. The molecule has 3 aromatic rings. The summed E-state index contributed by atoms with van der Waals surface area (Å²) in [4.78, 5) is 22.9. The second kappa shape index (κ2) is 6.85. The smallest absolute Gasteiger partial charge is 0.228 e. The van der Waals surface area contributed by atoms with Crippen molar-refractivity contribution in [1.82, 2.24) is 14.9 Å². The number of thiazole rings is 1. The highest BCUT2D eigenvalue weighted by Gasteiger charge is 2.14. The van der Waals surface area contributed by atoms with Gasteiger partial charge in [0.15, 0.2) is 0 Å². The molecule has 0 aliphatic carbocycles. The molecule has 0 fully saturated rings. The first-order valence-electron chi connectivity index (χ1n) is 7.37.